The molecule has 5 nitrogen and oxygen atoms in total. The number of methoxy groups -OCH3 is 1. The highest BCUT2D eigenvalue weighted by molar-refractivity contribution is 5.96. The van der Waals surface area contributed by atoms with E-state index in [0.717, 1.165) is 49.4 Å². The lowest BCUT2D eigenvalue weighted by Gasteiger charge is -2.33. The van der Waals surface area contributed by atoms with Crippen LogP contribution < -0.4 is 0 Å². The number of hydrogen-bond donors (Lipinski definition) is 1. The van der Waals surface area contributed by atoms with Crippen molar-refractivity contribution in [3.63, 3.8) is 0 Å². The normalized spacial score (nSPS) is 15.9. The first-order valence-electron chi connectivity index (χ1n) is 10.8. The Morgan fingerprint density at radius 2 is 1.81 bits per heavy atom. The number of benzene rings is 2. The molecule has 5 heteroatoms. The van der Waals surface area contributed by atoms with Crippen LogP contribution in [0, 0.1) is 0 Å². The third kappa shape index (κ3) is 4.26. The van der Waals surface area contributed by atoms with Gasteiger partial charge in [0.2, 0.25) is 0 Å². The van der Waals surface area contributed by atoms with Crippen molar-refractivity contribution in [2.75, 3.05) is 33.4 Å². The zero-order valence-electron chi connectivity index (χ0n) is 17.8. The number of nitrogens with zero attached hydrogens (tertiary/aromatic N) is 2. The third-order valence-corrected chi connectivity index (χ3v) is 6.04. The molecule has 3 heterocycles. The second-order valence-electron chi connectivity index (χ2n) is 7.95. The molecule has 1 fully saturated rings. The summed E-state index contributed by atoms with van der Waals surface area (Å²) in [6.45, 7) is 3.36. The number of nitrogens with one attached hydrogen (secondary N) is 1. The number of aromatic amines is 1. The number of pyridine rings is 1. The number of fused-ring (bicyclic) bond motifs is 1. The number of ether oxygens (including phenoxy) is 2. The summed E-state index contributed by atoms with van der Waals surface area (Å²) < 4.78 is 11.3. The second-order valence-corrected chi connectivity index (χ2v) is 7.95. The molecule has 0 aliphatic carbocycles. The molecule has 2 aromatic carbocycles. The average Bonchev–Trinajstić information content (AvgIpc) is 3.27. The minimum absolute atomic E-state index is 0.0619. The van der Waals surface area contributed by atoms with Crippen LogP contribution >= 0.6 is 0 Å². The monoisotopic (exact) mass is 413 g/mol. The van der Waals surface area contributed by atoms with Crippen molar-refractivity contribution < 1.29 is 9.47 Å². The van der Waals surface area contributed by atoms with Crippen molar-refractivity contribution in [1.82, 2.24) is 14.9 Å². The van der Waals surface area contributed by atoms with Gasteiger partial charge in [-0.2, -0.15) is 0 Å². The average molecular weight is 414 g/mol. The van der Waals surface area contributed by atoms with E-state index in [9.17, 15) is 0 Å². The minimum Gasteiger partial charge on any atom is -0.379 e. The lowest BCUT2D eigenvalue weighted by Crippen LogP contribution is -2.45. The van der Waals surface area contributed by atoms with Crippen molar-refractivity contribution >= 4 is 10.9 Å². The third-order valence-electron chi connectivity index (χ3n) is 6.04. The summed E-state index contributed by atoms with van der Waals surface area (Å²) in [4.78, 5) is 10.3. The van der Waals surface area contributed by atoms with Crippen molar-refractivity contribution in [3.8, 4) is 22.3 Å². The molecule has 31 heavy (non-hydrogen) atoms. The van der Waals surface area contributed by atoms with Gasteiger partial charge in [0.25, 0.3) is 0 Å². The van der Waals surface area contributed by atoms with Crippen LogP contribution in [0.15, 0.2) is 73.2 Å². The van der Waals surface area contributed by atoms with Crippen molar-refractivity contribution in [2.24, 2.45) is 0 Å². The maximum atomic E-state index is 5.82. The molecule has 1 atom stereocenters. The maximum Gasteiger partial charge on any atom is 0.114 e. The molecule has 158 valence electrons. The van der Waals surface area contributed by atoms with E-state index < -0.39 is 0 Å². The maximum absolute atomic E-state index is 5.82. The summed E-state index contributed by atoms with van der Waals surface area (Å²) in [6.07, 6.45) is 6.85. The first-order valence-corrected chi connectivity index (χ1v) is 10.8. The zero-order valence-corrected chi connectivity index (χ0v) is 17.8. The molecular weight excluding hydrogens is 386 g/mol. The minimum atomic E-state index is 0.0619. The fourth-order valence-corrected chi connectivity index (χ4v) is 4.34. The van der Waals surface area contributed by atoms with Crippen molar-refractivity contribution in [2.45, 2.75) is 12.6 Å². The van der Waals surface area contributed by atoms with E-state index in [1.807, 2.05) is 18.5 Å². The van der Waals surface area contributed by atoms with Gasteiger partial charge in [-0.05, 0) is 29.3 Å². The van der Waals surface area contributed by atoms with Crippen LogP contribution in [0.2, 0.25) is 0 Å². The fourth-order valence-electron chi connectivity index (χ4n) is 4.34. The molecule has 4 aromatic rings. The SMILES string of the molecule is COC(Cc1ccc2[nH]cc(-c3cncc(-c4ccccc4)c3)c2c1)N1CCOCC1. The number of morpholine rings is 1. The van der Waals surface area contributed by atoms with E-state index in [1.54, 1.807) is 7.11 Å². The summed E-state index contributed by atoms with van der Waals surface area (Å²) in [7, 11) is 1.79. The molecule has 0 radical (unpaired) electrons. The lowest BCUT2D eigenvalue weighted by molar-refractivity contribution is -0.0777. The van der Waals surface area contributed by atoms with Crippen molar-refractivity contribution in [1.29, 1.82) is 0 Å². The van der Waals surface area contributed by atoms with Crippen LogP contribution in [0.25, 0.3) is 33.2 Å². The van der Waals surface area contributed by atoms with Crippen LogP contribution in [-0.4, -0.2) is 54.5 Å². The van der Waals surface area contributed by atoms with Gasteiger partial charge in [0, 0.05) is 72.8 Å². The fraction of sp³-hybridized carbons (Fsp3) is 0.269. The quantitative estimate of drug-likeness (QED) is 0.496. The number of rotatable bonds is 6. The number of hydrogen-bond acceptors (Lipinski definition) is 4. The van der Waals surface area contributed by atoms with Gasteiger partial charge in [0.1, 0.15) is 6.23 Å². The van der Waals surface area contributed by atoms with E-state index in [4.69, 9.17) is 9.47 Å². The first-order chi connectivity index (χ1) is 15.3. The molecule has 2 aromatic heterocycles. The number of H-pyrrole nitrogens is 1. The summed E-state index contributed by atoms with van der Waals surface area (Å²) >= 11 is 0. The topological polar surface area (TPSA) is 50.4 Å². The van der Waals surface area contributed by atoms with Crippen molar-refractivity contribution in [3.05, 3.63) is 78.8 Å². The predicted octanol–water partition coefficient (Wildman–Crippen LogP) is 4.74. The Kier molecular flexibility index (Phi) is 5.80. The largest absolute Gasteiger partial charge is 0.379 e. The summed E-state index contributed by atoms with van der Waals surface area (Å²) in [6, 6.07) is 19.2. The second kappa shape index (κ2) is 9.02. The first kappa shape index (κ1) is 19.9. The smallest absolute Gasteiger partial charge is 0.114 e. The zero-order chi connectivity index (χ0) is 21.0. The van der Waals surface area contributed by atoms with E-state index in [0.29, 0.717) is 0 Å². The van der Waals surface area contributed by atoms with Crippen LogP contribution in [0.5, 0.6) is 0 Å². The molecule has 1 N–H and O–H groups in total. The summed E-state index contributed by atoms with van der Waals surface area (Å²) in [5.74, 6) is 0. The molecule has 0 amide bonds. The molecule has 0 bridgehead atoms. The highest BCUT2D eigenvalue weighted by atomic mass is 16.5. The van der Waals surface area contributed by atoms with E-state index >= 15 is 0 Å². The Hall–Kier alpha value is -2.99. The molecule has 0 spiro atoms. The van der Waals surface area contributed by atoms with Crippen LogP contribution in [0.3, 0.4) is 0 Å². The highest BCUT2D eigenvalue weighted by Crippen LogP contribution is 2.32. The Balaban J connectivity index is 1.46. The Morgan fingerprint density at radius 1 is 1.00 bits per heavy atom. The molecule has 1 unspecified atom stereocenters. The Labute approximate surface area is 182 Å². The van der Waals surface area contributed by atoms with Crippen LogP contribution in [0.1, 0.15) is 5.56 Å². The Morgan fingerprint density at radius 3 is 2.61 bits per heavy atom. The van der Waals surface area contributed by atoms with Gasteiger partial charge in [0.15, 0.2) is 0 Å². The molecular formula is C26H27N3O2. The molecule has 0 saturated carbocycles. The molecule has 1 aliphatic rings. The highest BCUT2D eigenvalue weighted by Gasteiger charge is 2.21. The van der Waals surface area contributed by atoms with Crippen LogP contribution in [-0.2, 0) is 15.9 Å². The molecule has 5 rings (SSSR count). The van der Waals surface area contributed by atoms with Gasteiger partial charge < -0.3 is 14.5 Å². The van der Waals surface area contributed by atoms with Crippen LogP contribution in [0.4, 0.5) is 0 Å². The standard InChI is InChI=1S/C26H27N3O2/c1-30-26(29-9-11-31-12-10-29)14-19-7-8-25-23(13-19)24(18-28-25)22-15-21(16-27-17-22)20-5-3-2-4-6-20/h2-8,13,15-18,26,28H,9-12,14H2,1H3. The molecule has 1 aliphatic heterocycles. The number of aromatic nitrogens is 2. The van der Waals surface area contributed by atoms with Gasteiger partial charge in [-0.1, -0.05) is 36.4 Å². The van der Waals surface area contributed by atoms with Gasteiger partial charge in [0.05, 0.1) is 13.2 Å². The van der Waals surface area contributed by atoms with E-state index in [2.05, 4.69) is 69.6 Å². The van der Waals surface area contributed by atoms with Gasteiger partial charge >= 0.3 is 0 Å². The predicted molar refractivity (Wildman–Crippen MR) is 124 cm³/mol. The Bertz CT molecular complexity index is 1150. The summed E-state index contributed by atoms with van der Waals surface area (Å²) in [5.41, 5.74) is 6.97. The van der Waals surface area contributed by atoms with E-state index in [1.165, 1.54) is 22.1 Å². The molecule has 1 saturated heterocycles. The van der Waals surface area contributed by atoms with Gasteiger partial charge in [-0.15, -0.1) is 0 Å². The van der Waals surface area contributed by atoms with Gasteiger partial charge in [-0.3, -0.25) is 9.88 Å². The lowest BCUT2D eigenvalue weighted by atomic mass is 10.00. The van der Waals surface area contributed by atoms with E-state index in [-0.39, 0.29) is 6.23 Å². The summed E-state index contributed by atoms with van der Waals surface area (Å²) in [5, 5.41) is 1.21. The van der Waals surface area contributed by atoms with Gasteiger partial charge in [-0.25, -0.2) is 0 Å².